The minimum Gasteiger partial charge on any atom is -0.249 e. The highest BCUT2D eigenvalue weighted by atomic mass is 32.1. The topological polar surface area (TPSA) is 12.9 Å². The Balaban J connectivity index is 2.80. The van der Waals surface area contributed by atoms with Gasteiger partial charge in [-0.25, -0.2) is 4.98 Å². The van der Waals surface area contributed by atoms with Crippen LogP contribution in [-0.2, 0) is 5.41 Å². The minimum atomic E-state index is 0.243. The summed E-state index contributed by atoms with van der Waals surface area (Å²) in [6.45, 7) is 11.2. The van der Waals surface area contributed by atoms with Gasteiger partial charge in [0.25, 0.3) is 0 Å². The van der Waals surface area contributed by atoms with Gasteiger partial charge in [0.2, 0.25) is 0 Å². The van der Waals surface area contributed by atoms with Crippen LogP contribution in [0.4, 0.5) is 0 Å². The van der Waals surface area contributed by atoms with E-state index in [4.69, 9.17) is 0 Å². The van der Waals surface area contributed by atoms with Crippen LogP contribution in [0.15, 0.2) is 6.20 Å². The van der Waals surface area contributed by atoms with Crippen molar-refractivity contribution in [2.24, 2.45) is 5.92 Å². The summed E-state index contributed by atoms with van der Waals surface area (Å²) >= 11 is 1.83. The number of hydrogen-bond donors (Lipinski definition) is 0. The molecule has 0 bridgehead atoms. The highest BCUT2D eigenvalue weighted by Crippen LogP contribution is 2.32. The molecule has 1 rings (SSSR count). The first-order chi connectivity index (χ1) is 5.92. The van der Waals surface area contributed by atoms with Gasteiger partial charge in [-0.2, -0.15) is 0 Å². The molecule has 0 aliphatic rings. The normalized spacial score (nSPS) is 12.5. The molecule has 74 valence electrons. The van der Waals surface area contributed by atoms with E-state index in [2.05, 4.69) is 39.6 Å². The van der Waals surface area contributed by atoms with Crippen LogP contribution < -0.4 is 0 Å². The van der Waals surface area contributed by atoms with Gasteiger partial charge in [0.1, 0.15) is 0 Å². The summed E-state index contributed by atoms with van der Waals surface area (Å²) in [7, 11) is 0. The van der Waals surface area contributed by atoms with E-state index >= 15 is 0 Å². The average molecular weight is 197 g/mol. The molecular formula is C11H19NS. The fourth-order valence-electron chi connectivity index (χ4n) is 1.78. The Morgan fingerprint density at radius 2 is 2.08 bits per heavy atom. The molecule has 0 aliphatic heterocycles. The zero-order valence-electron chi connectivity index (χ0n) is 9.22. The number of aryl methyl sites for hydroxylation is 1. The second-order valence-corrected chi connectivity index (χ2v) is 5.99. The van der Waals surface area contributed by atoms with Gasteiger partial charge in [-0.1, -0.05) is 27.7 Å². The van der Waals surface area contributed by atoms with E-state index < -0.39 is 0 Å². The predicted molar refractivity (Wildman–Crippen MR) is 59.3 cm³/mol. The average Bonchev–Trinajstić information content (AvgIpc) is 2.32. The highest BCUT2D eigenvalue weighted by Gasteiger charge is 2.24. The molecule has 1 heterocycles. The minimum absolute atomic E-state index is 0.243. The maximum atomic E-state index is 4.46. The Kier molecular flexibility index (Phi) is 3.12. The van der Waals surface area contributed by atoms with Gasteiger partial charge in [0.15, 0.2) is 0 Å². The number of rotatable bonds is 3. The molecule has 1 aromatic rings. The van der Waals surface area contributed by atoms with Crippen LogP contribution in [-0.4, -0.2) is 4.98 Å². The molecule has 0 saturated heterocycles. The summed E-state index contributed by atoms with van der Waals surface area (Å²) in [4.78, 5) is 5.77. The molecule has 0 spiro atoms. The van der Waals surface area contributed by atoms with Gasteiger partial charge < -0.3 is 0 Å². The first-order valence-corrected chi connectivity index (χ1v) is 5.66. The Morgan fingerprint density at radius 3 is 2.46 bits per heavy atom. The first-order valence-electron chi connectivity index (χ1n) is 4.85. The predicted octanol–water partition coefficient (Wildman–Crippen LogP) is 3.78. The lowest BCUT2D eigenvalue weighted by molar-refractivity contribution is 0.398. The number of hydrogen-bond acceptors (Lipinski definition) is 2. The van der Waals surface area contributed by atoms with Gasteiger partial charge in [0, 0.05) is 16.5 Å². The second-order valence-electron chi connectivity index (χ2n) is 4.76. The molecule has 0 radical (unpaired) electrons. The fraction of sp³-hybridized carbons (Fsp3) is 0.727. The van der Waals surface area contributed by atoms with E-state index in [9.17, 15) is 0 Å². The standard InChI is InChI=1S/C11H19NS/c1-8(2)6-11(4,5)10-12-7-9(3)13-10/h7-8H,6H2,1-5H3. The zero-order chi connectivity index (χ0) is 10.1. The van der Waals surface area contributed by atoms with E-state index in [-0.39, 0.29) is 5.41 Å². The third-order valence-electron chi connectivity index (χ3n) is 2.12. The molecular weight excluding hydrogens is 178 g/mol. The van der Waals surface area contributed by atoms with Crippen LogP contribution in [0.1, 0.15) is 44.0 Å². The summed E-state index contributed by atoms with van der Waals surface area (Å²) < 4.78 is 0. The van der Waals surface area contributed by atoms with Gasteiger partial charge in [-0.05, 0) is 19.3 Å². The van der Waals surface area contributed by atoms with Crippen LogP contribution in [0.3, 0.4) is 0 Å². The third-order valence-corrected chi connectivity index (χ3v) is 3.40. The fourth-order valence-corrected chi connectivity index (χ4v) is 2.65. The molecule has 0 fully saturated rings. The quantitative estimate of drug-likeness (QED) is 0.718. The Labute approximate surface area is 85.2 Å². The summed E-state index contributed by atoms with van der Waals surface area (Å²) in [6.07, 6.45) is 3.18. The van der Waals surface area contributed by atoms with Crippen molar-refractivity contribution in [1.29, 1.82) is 0 Å². The molecule has 13 heavy (non-hydrogen) atoms. The van der Waals surface area contributed by atoms with Crippen LogP contribution in [0, 0.1) is 12.8 Å². The molecule has 0 aliphatic carbocycles. The summed E-state index contributed by atoms with van der Waals surface area (Å²) in [6, 6.07) is 0. The van der Waals surface area contributed by atoms with Gasteiger partial charge in [-0.3, -0.25) is 0 Å². The van der Waals surface area contributed by atoms with Crippen molar-refractivity contribution in [3.63, 3.8) is 0 Å². The van der Waals surface area contributed by atoms with Crippen molar-refractivity contribution in [2.75, 3.05) is 0 Å². The lowest BCUT2D eigenvalue weighted by atomic mass is 9.85. The van der Waals surface area contributed by atoms with Gasteiger partial charge >= 0.3 is 0 Å². The van der Waals surface area contributed by atoms with Crippen molar-refractivity contribution < 1.29 is 0 Å². The van der Waals surface area contributed by atoms with E-state index in [1.54, 1.807) is 0 Å². The Bertz CT molecular complexity index is 273. The summed E-state index contributed by atoms with van der Waals surface area (Å²) in [5.74, 6) is 0.735. The molecule has 2 heteroatoms. The Morgan fingerprint density at radius 1 is 1.46 bits per heavy atom. The number of nitrogens with zero attached hydrogens (tertiary/aromatic N) is 1. The summed E-state index contributed by atoms with van der Waals surface area (Å²) in [5.41, 5.74) is 0.243. The van der Waals surface area contributed by atoms with E-state index in [1.165, 1.54) is 16.3 Å². The maximum Gasteiger partial charge on any atom is 0.0983 e. The number of thiazole rings is 1. The monoisotopic (exact) mass is 197 g/mol. The van der Waals surface area contributed by atoms with E-state index in [0.717, 1.165) is 5.92 Å². The lowest BCUT2D eigenvalue weighted by Crippen LogP contribution is -2.19. The van der Waals surface area contributed by atoms with Crippen molar-refractivity contribution in [3.8, 4) is 0 Å². The van der Waals surface area contributed by atoms with Crippen molar-refractivity contribution in [1.82, 2.24) is 4.98 Å². The summed E-state index contributed by atoms with van der Waals surface area (Å²) in [5, 5.41) is 1.28. The first kappa shape index (κ1) is 10.7. The molecule has 0 amide bonds. The molecule has 0 N–H and O–H groups in total. The van der Waals surface area contributed by atoms with Crippen molar-refractivity contribution in [3.05, 3.63) is 16.1 Å². The highest BCUT2D eigenvalue weighted by molar-refractivity contribution is 7.11. The van der Waals surface area contributed by atoms with Crippen LogP contribution in [0.2, 0.25) is 0 Å². The molecule has 0 unspecified atom stereocenters. The van der Waals surface area contributed by atoms with Crippen molar-refractivity contribution in [2.45, 2.75) is 46.5 Å². The van der Waals surface area contributed by atoms with Crippen LogP contribution in [0.5, 0.6) is 0 Å². The Hall–Kier alpha value is -0.370. The van der Waals surface area contributed by atoms with Gasteiger partial charge in [-0.15, -0.1) is 11.3 Å². The van der Waals surface area contributed by atoms with Crippen LogP contribution >= 0.6 is 11.3 Å². The lowest BCUT2D eigenvalue weighted by Gasteiger charge is -2.23. The molecule has 1 aromatic heterocycles. The van der Waals surface area contributed by atoms with Gasteiger partial charge in [0.05, 0.1) is 5.01 Å². The second kappa shape index (κ2) is 3.79. The van der Waals surface area contributed by atoms with Crippen LogP contribution in [0.25, 0.3) is 0 Å². The largest absolute Gasteiger partial charge is 0.249 e. The number of aromatic nitrogens is 1. The molecule has 1 nitrogen and oxygen atoms in total. The van der Waals surface area contributed by atoms with E-state index in [0.29, 0.717) is 0 Å². The van der Waals surface area contributed by atoms with Crippen molar-refractivity contribution >= 4 is 11.3 Å². The third kappa shape index (κ3) is 2.80. The maximum absolute atomic E-state index is 4.46. The smallest absolute Gasteiger partial charge is 0.0983 e. The molecule has 0 atom stereocenters. The molecule has 0 saturated carbocycles. The SMILES string of the molecule is Cc1cnc(C(C)(C)CC(C)C)s1. The zero-order valence-corrected chi connectivity index (χ0v) is 10.0. The molecule has 0 aromatic carbocycles. The van der Waals surface area contributed by atoms with E-state index in [1.807, 2.05) is 17.5 Å².